The molecule has 1 aromatic heterocycles. The minimum Gasteiger partial charge on any atom is -0.373 e. The summed E-state index contributed by atoms with van der Waals surface area (Å²) < 4.78 is 10.9. The lowest BCUT2D eigenvalue weighted by atomic mass is 10.2. The van der Waals surface area contributed by atoms with E-state index >= 15 is 0 Å². The zero-order valence-corrected chi connectivity index (χ0v) is 10.8. The maximum Gasteiger partial charge on any atom is 0.257 e. The molecule has 0 radical (unpaired) electrons. The fraction of sp³-hybridized carbons (Fsp3) is 0.615. The molecule has 2 fully saturated rings. The lowest BCUT2D eigenvalue weighted by Crippen LogP contribution is -2.45. The molecule has 0 spiro atoms. The zero-order chi connectivity index (χ0) is 13.2. The molecule has 0 aromatic carbocycles. The molecule has 1 saturated heterocycles. The van der Waals surface area contributed by atoms with Crippen LogP contribution in [-0.4, -0.2) is 41.3 Å². The first kappa shape index (κ1) is 12.5. The van der Waals surface area contributed by atoms with E-state index in [1.807, 2.05) is 6.92 Å². The predicted molar refractivity (Wildman–Crippen MR) is 67.8 cm³/mol. The number of hydrogen-bond donors (Lipinski definition) is 1. The average Bonchev–Trinajstić information content (AvgIpc) is 3.24. The number of aromatic nitrogens is 2. The van der Waals surface area contributed by atoms with Gasteiger partial charge in [0.25, 0.3) is 5.91 Å². The summed E-state index contributed by atoms with van der Waals surface area (Å²) in [6, 6.07) is 0. The molecule has 1 aliphatic carbocycles. The van der Waals surface area contributed by atoms with Crippen LogP contribution in [0.4, 0.5) is 5.82 Å². The predicted octanol–water partition coefficient (Wildman–Crippen LogP) is 1.10. The van der Waals surface area contributed by atoms with Crippen LogP contribution in [0.2, 0.25) is 0 Å². The van der Waals surface area contributed by atoms with Gasteiger partial charge in [0.1, 0.15) is 0 Å². The summed E-state index contributed by atoms with van der Waals surface area (Å²) in [7, 11) is 0. The van der Waals surface area contributed by atoms with Crippen molar-refractivity contribution < 1.29 is 14.3 Å². The van der Waals surface area contributed by atoms with E-state index in [0.717, 1.165) is 18.5 Å². The van der Waals surface area contributed by atoms with Crippen molar-refractivity contribution in [1.29, 1.82) is 0 Å². The number of anilines is 1. The van der Waals surface area contributed by atoms with E-state index in [0.29, 0.717) is 24.9 Å². The van der Waals surface area contributed by atoms with E-state index in [1.165, 1.54) is 0 Å². The van der Waals surface area contributed by atoms with Crippen LogP contribution in [0.25, 0.3) is 0 Å². The second-order valence-corrected chi connectivity index (χ2v) is 4.92. The van der Waals surface area contributed by atoms with Gasteiger partial charge in [0.15, 0.2) is 11.9 Å². The van der Waals surface area contributed by atoms with E-state index < -0.39 is 6.10 Å². The molecule has 1 saturated carbocycles. The Labute approximate surface area is 111 Å². The topological polar surface area (TPSA) is 73.3 Å². The van der Waals surface area contributed by atoms with Gasteiger partial charge >= 0.3 is 0 Å². The molecule has 6 nitrogen and oxygen atoms in total. The van der Waals surface area contributed by atoms with Gasteiger partial charge in [-0.1, -0.05) is 0 Å². The van der Waals surface area contributed by atoms with Crippen LogP contribution in [0.1, 0.15) is 31.4 Å². The SMILES string of the molecule is C[C@@H]1OCCO[C@@H]1C(=O)Nc1nccnc1C1CC1. The number of ether oxygens (including phenoxy) is 2. The number of rotatable bonds is 3. The first-order chi connectivity index (χ1) is 9.25. The molecular formula is C13H17N3O3. The zero-order valence-electron chi connectivity index (χ0n) is 10.8. The van der Waals surface area contributed by atoms with E-state index in [2.05, 4.69) is 15.3 Å². The average molecular weight is 263 g/mol. The highest BCUT2D eigenvalue weighted by molar-refractivity contribution is 5.94. The number of carbonyl (C=O) groups is 1. The van der Waals surface area contributed by atoms with Crippen molar-refractivity contribution in [2.75, 3.05) is 18.5 Å². The molecule has 2 atom stereocenters. The Bertz CT molecular complexity index is 476. The van der Waals surface area contributed by atoms with Gasteiger partial charge in [0, 0.05) is 18.3 Å². The van der Waals surface area contributed by atoms with Crippen molar-refractivity contribution in [3.05, 3.63) is 18.1 Å². The summed E-state index contributed by atoms with van der Waals surface area (Å²) in [5.74, 6) is 0.774. The lowest BCUT2D eigenvalue weighted by molar-refractivity contribution is -0.157. The fourth-order valence-corrected chi connectivity index (χ4v) is 2.21. The minimum atomic E-state index is -0.581. The van der Waals surface area contributed by atoms with Crippen molar-refractivity contribution in [2.45, 2.75) is 37.9 Å². The second-order valence-electron chi connectivity index (χ2n) is 4.92. The number of hydrogen-bond acceptors (Lipinski definition) is 5. The lowest BCUT2D eigenvalue weighted by Gasteiger charge is -2.28. The molecular weight excluding hydrogens is 246 g/mol. The molecule has 1 amide bonds. The van der Waals surface area contributed by atoms with E-state index in [4.69, 9.17) is 9.47 Å². The summed E-state index contributed by atoms with van der Waals surface area (Å²) in [4.78, 5) is 20.7. The largest absolute Gasteiger partial charge is 0.373 e. The van der Waals surface area contributed by atoms with Crippen LogP contribution in [0, 0.1) is 0 Å². The monoisotopic (exact) mass is 263 g/mol. The van der Waals surface area contributed by atoms with Crippen LogP contribution in [0.3, 0.4) is 0 Å². The third-order valence-electron chi connectivity index (χ3n) is 3.38. The van der Waals surface area contributed by atoms with Gasteiger partial charge in [0.05, 0.1) is 25.0 Å². The highest BCUT2D eigenvalue weighted by Crippen LogP contribution is 2.41. The smallest absolute Gasteiger partial charge is 0.257 e. The van der Waals surface area contributed by atoms with Gasteiger partial charge in [0.2, 0.25) is 0 Å². The Kier molecular flexibility index (Phi) is 3.44. The normalized spacial score (nSPS) is 27.0. The van der Waals surface area contributed by atoms with Crippen molar-refractivity contribution in [3.63, 3.8) is 0 Å². The van der Waals surface area contributed by atoms with Crippen LogP contribution >= 0.6 is 0 Å². The van der Waals surface area contributed by atoms with Gasteiger partial charge < -0.3 is 14.8 Å². The highest BCUT2D eigenvalue weighted by atomic mass is 16.6. The summed E-state index contributed by atoms with van der Waals surface area (Å²) in [5.41, 5.74) is 0.875. The molecule has 6 heteroatoms. The Balaban J connectivity index is 1.72. The molecule has 19 heavy (non-hydrogen) atoms. The van der Waals surface area contributed by atoms with Gasteiger partial charge in [-0.2, -0.15) is 0 Å². The Morgan fingerprint density at radius 3 is 2.74 bits per heavy atom. The molecule has 1 aromatic rings. The van der Waals surface area contributed by atoms with Crippen molar-refractivity contribution in [3.8, 4) is 0 Å². The fourth-order valence-electron chi connectivity index (χ4n) is 2.21. The van der Waals surface area contributed by atoms with Crippen molar-refractivity contribution in [2.24, 2.45) is 0 Å². The van der Waals surface area contributed by atoms with Crippen molar-refractivity contribution >= 4 is 11.7 Å². The summed E-state index contributed by atoms with van der Waals surface area (Å²) in [5, 5.41) is 2.81. The van der Waals surface area contributed by atoms with Crippen LogP contribution in [-0.2, 0) is 14.3 Å². The first-order valence-corrected chi connectivity index (χ1v) is 6.60. The molecule has 3 rings (SSSR count). The Hall–Kier alpha value is -1.53. The third kappa shape index (κ3) is 2.74. The molecule has 0 unspecified atom stereocenters. The van der Waals surface area contributed by atoms with E-state index in [1.54, 1.807) is 12.4 Å². The molecule has 1 N–H and O–H groups in total. The summed E-state index contributed by atoms with van der Waals surface area (Å²) in [6.45, 7) is 2.81. The first-order valence-electron chi connectivity index (χ1n) is 6.60. The second kappa shape index (κ2) is 5.22. The molecule has 0 bridgehead atoms. The van der Waals surface area contributed by atoms with E-state index in [-0.39, 0.29) is 12.0 Å². The molecule has 102 valence electrons. The summed E-state index contributed by atoms with van der Waals surface area (Å²) >= 11 is 0. The van der Waals surface area contributed by atoms with Gasteiger partial charge in [-0.3, -0.25) is 9.78 Å². The number of carbonyl (C=O) groups excluding carboxylic acids is 1. The number of nitrogens with zero attached hydrogens (tertiary/aromatic N) is 2. The van der Waals surface area contributed by atoms with Gasteiger partial charge in [-0.25, -0.2) is 4.98 Å². The number of nitrogens with one attached hydrogen (secondary N) is 1. The standard InChI is InChI=1S/C13H17N3O3/c1-8-11(19-7-6-18-8)13(17)16-12-10(9-2-3-9)14-4-5-15-12/h4-5,8-9,11H,2-3,6-7H2,1H3,(H,15,16,17)/t8-,11-/m0/s1. The molecule has 1 aliphatic heterocycles. The maximum atomic E-state index is 12.2. The minimum absolute atomic E-state index is 0.213. The highest BCUT2D eigenvalue weighted by Gasteiger charge is 2.33. The van der Waals surface area contributed by atoms with Crippen molar-refractivity contribution in [1.82, 2.24) is 9.97 Å². The van der Waals surface area contributed by atoms with Gasteiger partial charge in [-0.15, -0.1) is 0 Å². The Morgan fingerprint density at radius 1 is 1.26 bits per heavy atom. The third-order valence-corrected chi connectivity index (χ3v) is 3.38. The van der Waals surface area contributed by atoms with Crippen LogP contribution in [0.15, 0.2) is 12.4 Å². The van der Waals surface area contributed by atoms with Crippen LogP contribution in [0.5, 0.6) is 0 Å². The maximum absolute atomic E-state index is 12.2. The van der Waals surface area contributed by atoms with E-state index in [9.17, 15) is 4.79 Å². The molecule has 2 heterocycles. The molecule has 2 aliphatic rings. The van der Waals surface area contributed by atoms with Gasteiger partial charge in [-0.05, 0) is 19.8 Å². The quantitative estimate of drug-likeness (QED) is 0.884. The summed E-state index contributed by atoms with van der Waals surface area (Å²) in [6.07, 6.45) is 4.65. The number of amides is 1. The Morgan fingerprint density at radius 2 is 2.00 bits per heavy atom. The van der Waals surface area contributed by atoms with Crippen LogP contribution < -0.4 is 5.32 Å².